The van der Waals surface area contributed by atoms with E-state index >= 15 is 0 Å². The van der Waals surface area contributed by atoms with Crippen LogP contribution in [0.2, 0.25) is 0 Å². The third-order valence-electron chi connectivity index (χ3n) is 4.05. The first-order valence-corrected chi connectivity index (χ1v) is 9.64. The first-order chi connectivity index (χ1) is 11.2. The molecule has 0 amide bonds. The van der Waals surface area contributed by atoms with E-state index in [1.54, 1.807) is 6.92 Å². The molecule has 1 heterocycles. The van der Waals surface area contributed by atoms with Crippen molar-refractivity contribution in [3.05, 3.63) is 51.9 Å². The van der Waals surface area contributed by atoms with Crippen molar-refractivity contribution in [2.45, 2.75) is 29.9 Å². The number of carbonyl (C=O) groups excluding carboxylic acids is 2. The van der Waals surface area contributed by atoms with Crippen molar-refractivity contribution in [1.29, 1.82) is 0 Å². The molecular weight excluding hydrogens is 328 g/mol. The van der Waals surface area contributed by atoms with Gasteiger partial charge in [-0.15, -0.1) is 23.1 Å². The van der Waals surface area contributed by atoms with E-state index < -0.39 is 0 Å². The molecular formula is C18H18O3S2. The SMILES string of the molecule is CCOC(=O)c1sc(SC)c2c1C[C@@H](c1ccccc1)CC2=O. The summed E-state index contributed by atoms with van der Waals surface area (Å²) in [6.07, 6.45) is 3.16. The predicted molar refractivity (Wildman–Crippen MR) is 93.9 cm³/mol. The number of ketones is 1. The summed E-state index contributed by atoms with van der Waals surface area (Å²) >= 11 is 2.92. The highest BCUT2D eigenvalue weighted by Gasteiger charge is 2.34. The molecule has 1 aliphatic carbocycles. The van der Waals surface area contributed by atoms with Gasteiger partial charge in [0.2, 0.25) is 0 Å². The summed E-state index contributed by atoms with van der Waals surface area (Å²) in [5.41, 5.74) is 2.78. The Hall–Kier alpha value is -1.59. The van der Waals surface area contributed by atoms with Gasteiger partial charge >= 0.3 is 5.97 Å². The van der Waals surface area contributed by atoms with Gasteiger partial charge in [0, 0.05) is 12.0 Å². The number of thioether (sulfide) groups is 1. The van der Waals surface area contributed by atoms with E-state index in [0.717, 1.165) is 27.3 Å². The van der Waals surface area contributed by atoms with Gasteiger partial charge in [-0.05, 0) is 36.6 Å². The van der Waals surface area contributed by atoms with Gasteiger partial charge in [-0.2, -0.15) is 0 Å². The predicted octanol–water partition coefficient (Wildman–Crippen LogP) is 4.56. The van der Waals surface area contributed by atoms with E-state index in [0.29, 0.717) is 17.9 Å². The van der Waals surface area contributed by atoms with Gasteiger partial charge in [0.15, 0.2) is 5.78 Å². The summed E-state index contributed by atoms with van der Waals surface area (Å²) in [5.74, 6) is -0.0412. The fourth-order valence-corrected chi connectivity index (χ4v) is 5.03. The molecule has 0 aliphatic heterocycles. The van der Waals surface area contributed by atoms with E-state index in [1.807, 2.05) is 24.5 Å². The number of hydrogen-bond donors (Lipinski definition) is 0. The fourth-order valence-electron chi connectivity index (χ4n) is 3.03. The molecule has 0 radical (unpaired) electrons. The van der Waals surface area contributed by atoms with E-state index in [2.05, 4.69) is 12.1 Å². The number of ether oxygens (including phenoxy) is 1. The van der Waals surface area contributed by atoms with Gasteiger partial charge in [-0.1, -0.05) is 30.3 Å². The molecule has 0 N–H and O–H groups in total. The molecule has 3 rings (SSSR count). The van der Waals surface area contributed by atoms with Crippen LogP contribution in [-0.4, -0.2) is 24.6 Å². The molecule has 0 fully saturated rings. The van der Waals surface area contributed by atoms with E-state index in [9.17, 15) is 9.59 Å². The van der Waals surface area contributed by atoms with Gasteiger partial charge in [0.05, 0.1) is 10.8 Å². The monoisotopic (exact) mass is 346 g/mol. The molecule has 1 aromatic carbocycles. The molecule has 0 unspecified atom stereocenters. The Kier molecular flexibility index (Phi) is 4.87. The highest BCUT2D eigenvalue weighted by atomic mass is 32.2. The van der Waals surface area contributed by atoms with Crippen LogP contribution in [0.25, 0.3) is 0 Å². The molecule has 5 heteroatoms. The van der Waals surface area contributed by atoms with Crippen molar-refractivity contribution in [2.75, 3.05) is 12.9 Å². The van der Waals surface area contributed by atoms with Gasteiger partial charge < -0.3 is 4.74 Å². The lowest BCUT2D eigenvalue weighted by atomic mass is 9.80. The maximum atomic E-state index is 12.7. The highest BCUT2D eigenvalue weighted by Crippen LogP contribution is 2.43. The molecule has 0 saturated heterocycles. The minimum absolute atomic E-state index is 0.133. The Labute approximate surface area is 144 Å². The van der Waals surface area contributed by atoms with Crippen LogP contribution in [0.15, 0.2) is 34.5 Å². The molecule has 120 valence electrons. The van der Waals surface area contributed by atoms with Crippen LogP contribution in [-0.2, 0) is 11.2 Å². The van der Waals surface area contributed by atoms with Crippen molar-refractivity contribution in [3.8, 4) is 0 Å². The molecule has 23 heavy (non-hydrogen) atoms. The summed E-state index contributed by atoms with van der Waals surface area (Å²) < 4.78 is 6.11. The largest absolute Gasteiger partial charge is 0.462 e. The molecule has 3 nitrogen and oxygen atoms in total. The zero-order chi connectivity index (χ0) is 16.4. The Morgan fingerprint density at radius 2 is 2.04 bits per heavy atom. The average Bonchev–Trinajstić information content (AvgIpc) is 2.95. The summed E-state index contributed by atoms with van der Waals surface area (Å²) in [4.78, 5) is 25.5. The summed E-state index contributed by atoms with van der Waals surface area (Å²) in [6, 6.07) is 10.1. The molecule has 1 atom stereocenters. The van der Waals surface area contributed by atoms with Crippen molar-refractivity contribution < 1.29 is 14.3 Å². The van der Waals surface area contributed by atoms with Crippen LogP contribution in [0, 0.1) is 0 Å². The molecule has 0 spiro atoms. The summed E-state index contributed by atoms with van der Waals surface area (Å²) in [6.45, 7) is 2.14. The zero-order valence-corrected chi connectivity index (χ0v) is 14.8. The third kappa shape index (κ3) is 3.08. The van der Waals surface area contributed by atoms with Crippen molar-refractivity contribution >= 4 is 34.9 Å². The van der Waals surface area contributed by atoms with E-state index in [4.69, 9.17) is 4.74 Å². The normalized spacial score (nSPS) is 17.0. The van der Waals surface area contributed by atoms with Crippen LogP contribution in [0.1, 0.15) is 50.4 Å². The quantitative estimate of drug-likeness (QED) is 0.601. The van der Waals surface area contributed by atoms with Crippen LogP contribution < -0.4 is 0 Å². The first-order valence-electron chi connectivity index (χ1n) is 7.60. The Morgan fingerprint density at radius 1 is 1.30 bits per heavy atom. The van der Waals surface area contributed by atoms with Crippen LogP contribution in [0.4, 0.5) is 0 Å². The summed E-state index contributed by atoms with van der Waals surface area (Å²) in [7, 11) is 0. The topological polar surface area (TPSA) is 43.4 Å². The maximum absolute atomic E-state index is 12.7. The zero-order valence-electron chi connectivity index (χ0n) is 13.1. The number of benzene rings is 1. The number of carbonyl (C=O) groups is 2. The number of thiophene rings is 1. The van der Waals surface area contributed by atoms with Gasteiger partial charge in [0.1, 0.15) is 4.88 Å². The minimum Gasteiger partial charge on any atom is -0.462 e. The third-order valence-corrected chi connectivity index (χ3v) is 6.38. The smallest absolute Gasteiger partial charge is 0.348 e. The van der Waals surface area contributed by atoms with Gasteiger partial charge in [0.25, 0.3) is 0 Å². The van der Waals surface area contributed by atoms with E-state index in [-0.39, 0.29) is 17.7 Å². The number of fused-ring (bicyclic) bond motifs is 1. The van der Waals surface area contributed by atoms with Crippen molar-refractivity contribution in [3.63, 3.8) is 0 Å². The fraction of sp³-hybridized carbons (Fsp3) is 0.333. The van der Waals surface area contributed by atoms with Crippen LogP contribution >= 0.6 is 23.1 Å². The average molecular weight is 346 g/mol. The second-order valence-corrected chi connectivity index (χ2v) is 7.53. The molecule has 1 aliphatic rings. The van der Waals surface area contributed by atoms with Crippen LogP contribution in [0.5, 0.6) is 0 Å². The highest BCUT2D eigenvalue weighted by molar-refractivity contribution is 8.00. The number of hydrogen-bond acceptors (Lipinski definition) is 5. The standard InChI is InChI=1S/C18H18O3S2/c1-3-21-17(20)16-13-9-12(11-7-5-4-6-8-11)10-14(19)15(13)18(22-2)23-16/h4-8,12H,3,9-10H2,1-2H3/t12-/m1/s1. The molecule has 0 bridgehead atoms. The lowest BCUT2D eigenvalue weighted by molar-refractivity contribution is 0.0531. The molecule has 2 aromatic rings. The van der Waals surface area contributed by atoms with Crippen LogP contribution in [0.3, 0.4) is 0 Å². The lowest BCUT2D eigenvalue weighted by Crippen LogP contribution is -2.20. The van der Waals surface area contributed by atoms with Crippen molar-refractivity contribution in [1.82, 2.24) is 0 Å². The Balaban J connectivity index is 2.03. The Bertz CT molecular complexity index is 734. The maximum Gasteiger partial charge on any atom is 0.348 e. The number of rotatable bonds is 4. The Morgan fingerprint density at radius 3 is 2.70 bits per heavy atom. The van der Waals surface area contributed by atoms with Gasteiger partial charge in [-0.3, -0.25) is 4.79 Å². The van der Waals surface area contributed by atoms with E-state index in [1.165, 1.54) is 23.1 Å². The number of esters is 1. The van der Waals surface area contributed by atoms with Gasteiger partial charge in [-0.25, -0.2) is 4.79 Å². The second kappa shape index (κ2) is 6.89. The number of Topliss-reactive ketones (excluding diaryl/α,β-unsaturated/α-hetero) is 1. The summed E-state index contributed by atoms with van der Waals surface area (Å²) in [5, 5.41) is 0. The lowest BCUT2D eigenvalue weighted by Gasteiger charge is -2.23. The second-order valence-electron chi connectivity index (χ2n) is 5.44. The molecule has 0 saturated carbocycles. The minimum atomic E-state index is -0.310. The molecule has 1 aromatic heterocycles. The first kappa shape index (κ1) is 16.3. The van der Waals surface area contributed by atoms with Crippen molar-refractivity contribution in [2.24, 2.45) is 0 Å².